The van der Waals surface area contributed by atoms with Gasteiger partial charge < -0.3 is 9.64 Å². The van der Waals surface area contributed by atoms with Gasteiger partial charge in [0.15, 0.2) is 0 Å². The van der Waals surface area contributed by atoms with E-state index in [0.717, 1.165) is 29.7 Å². The van der Waals surface area contributed by atoms with Gasteiger partial charge in [0, 0.05) is 24.8 Å². The van der Waals surface area contributed by atoms with Crippen LogP contribution in [-0.4, -0.2) is 47.1 Å². The number of pyridine rings is 1. The number of ether oxygens (including phenoxy) is 1. The third-order valence-corrected chi connectivity index (χ3v) is 4.24. The molecule has 0 saturated carbocycles. The number of carbonyl (C=O) groups excluding carboxylic acids is 2. The minimum atomic E-state index is -0.573. The molecule has 1 aliphatic carbocycles. The first-order valence-corrected chi connectivity index (χ1v) is 8.94. The van der Waals surface area contributed by atoms with Crippen LogP contribution in [-0.2, 0) is 9.53 Å². The summed E-state index contributed by atoms with van der Waals surface area (Å²) in [5.41, 5.74) is 2.32. The molecule has 2 amide bonds. The van der Waals surface area contributed by atoms with Crippen LogP contribution in [0.3, 0.4) is 0 Å². The van der Waals surface area contributed by atoms with Gasteiger partial charge in [-0.15, -0.1) is 0 Å². The molecule has 1 fully saturated rings. The van der Waals surface area contributed by atoms with Gasteiger partial charge in [-0.05, 0) is 45.3 Å². The fourth-order valence-electron chi connectivity index (χ4n) is 2.99. The van der Waals surface area contributed by atoms with E-state index in [1.807, 2.05) is 33.0 Å². The Morgan fingerprint density at radius 3 is 2.65 bits per heavy atom. The molecule has 1 saturated heterocycles. The number of aromatic nitrogens is 1. The van der Waals surface area contributed by atoms with E-state index >= 15 is 0 Å². The molecule has 1 aromatic heterocycles. The second-order valence-corrected chi connectivity index (χ2v) is 7.52. The van der Waals surface area contributed by atoms with E-state index in [4.69, 9.17) is 4.74 Å². The molecular weight excluding hydrogens is 330 g/mol. The molecule has 0 aromatic carbocycles. The molecule has 0 radical (unpaired) electrons. The summed E-state index contributed by atoms with van der Waals surface area (Å²) in [7, 11) is 0. The van der Waals surface area contributed by atoms with Crippen molar-refractivity contribution in [3.05, 3.63) is 42.3 Å². The van der Waals surface area contributed by atoms with Crippen LogP contribution in [0.2, 0.25) is 0 Å². The van der Waals surface area contributed by atoms with Gasteiger partial charge in [0.25, 0.3) is 0 Å². The predicted molar refractivity (Wildman–Crippen MR) is 101 cm³/mol. The number of carbonyl (C=O) groups is 2. The van der Waals surface area contributed by atoms with Crippen LogP contribution in [0.25, 0.3) is 5.57 Å². The quantitative estimate of drug-likeness (QED) is 0.816. The molecule has 138 valence electrons. The number of amides is 2. The number of allylic oxidation sites excluding steroid dienone is 4. The van der Waals surface area contributed by atoms with Crippen LogP contribution < -0.4 is 4.90 Å². The molecule has 2 aliphatic rings. The molecule has 3 rings (SSSR count). The van der Waals surface area contributed by atoms with Gasteiger partial charge in [0.1, 0.15) is 12.1 Å². The third kappa shape index (κ3) is 4.31. The molecule has 26 heavy (non-hydrogen) atoms. The maximum absolute atomic E-state index is 12.6. The number of rotatable bonds is 2. The van der Waals surface area contributed by atoms with Crippen molar-refractivity contribution in [3.8, 4) is 0 Å². The molecule has 6 heteroatoms. The highest BCUT2D eigenvalue weighted by molar-refractivity contribution is 5.97. The summed E-state index contributed by atoms with van der Waals surface area (Å²) in [6, 6.07) is 1.98. The maximum atomic E-state index is 12.6. The largest absolute Gasteiger partial charge is 0.444 e. The summed E-state index contributed by atoms with van der Waals surface area (Å²) < 4.78 is 5.35. The molecule has 0 spiro atoms. The predicted octanol–water partition coefficient (Wildman–Crippen LogP) is 3.40. The van der Waals surface area contributed by atoms with Gasteiger partial charge in [0.2, 0.25) is 5.91 Å². The van der Waals surface area contributed by atoms with Gasteiger partial charge in [-0.1, -0.05) is 18.2 Å². The summed E-state index contributed by atoms with van der Waals surface area (Å²) in [6.07, 6.45) is 11.5. The summed E-state index contributed by atoms with van der Waals surface area (Å²) in [4.78, 5) is 32.2. The van der Waals surface area contributed by atoms with Crippen LogP contribution in [0.15, 0.2) is 36.7 Å². The molecule has 1 aromatic rings. The van der Waals surface area contributed by atoms with Crippen molar-refractivity contribution < 1.29 is 14.3 Å². The highest BCUT2D eigenvalue weighted by atomic mass is 16.6. The Balaban J connectivity index is 1.70. The summed E-state index contributed by atoms with van der Waals surface area (Å²) in [6.45, 7) is 6.32. The lowest BCUT2D eigenvalue weighted by atomic mass is 10.0. The average molecular weight is 355 g/mol. The van der Waals surface area contributed by atoms with Crippen molar-refractivity contribution in [1.29, 1.82) is 0 Å². The zero-order valence-electron chi connectivity index (χ0n) is 15.6. The number of piperazine rings is 1. The standard InChI is InChI=1S/C20H25N3O3/c1-20(2,3)26-19(25)22-9-10-23(18(24)14-22)17-11-16(12-21-13-17)15-7-5-4-6-8-15/h5,7-8,11-13H,4,6,9-10,14H2,1-3H3. The van der Waals surface area contributed by atoms with Gasteiger partial charge in [-0.2, -0.15) is 0 Å². The maximum Gasteiger partial charge on any atom is 0.410 e. The molecule has 6 nitrogen and oxygen atoms in total. The Bertz CT molecular complexity index is 762. The minimum Gasteiger partial charge on any atom is -0.444 e. The van der Waals surface area contributed by atoms with E-state index < -0.39 is 11.7 Å². The molecule has 1 aliphatic heterocycles. The molecule has 0 unspecified atom stereocenters. The Kier molecular flexibility index (Phi) is 5.11. The van der Waals surface area contributed by atoms with E-state index in [1.165, 1.54) is 4.90 Å². The zero-order valence-corrected chi connectivity index (χ0v) is 15.6. The fourth-order valence-corrected chi connectivity index (χ4v) is 2.99. The molecular formula is C20H25N3O3. The summed E-state index contributed by atoms with van der Waals surface area (Å²) in [5, 5.41) is 0. The van der Waals surface area contributed by atoms with E-state index in [-0.39, 0.29) is 12.5 Å². The highest BCUT2D eigenvalue weighted by Gasteiger charge is 2.31. The monoisotopic (exact) mass is 355 g/mol. The third-order valence-electron chi connectivity index (χ3n) is 4.24. The van der Waals surface area contributed by atoms with E-state index in [0.29, 0.717) is 13.1 Å². The van der Waals surface area contributed by atoms with Crippen molar-refractivity contribution in [2.75, 3.05) is 24.5 Å². The fraction of sp³-hybridized carbons (Fsp3) is 0.450. The number of hydrogen-bond donors (Lipinski definition) is 0. The van der Waals surface area contributed by atoms with Crippen molar-refractivity contribution in [2.45, 2.75) is 39.2 Å². The minimum absolute atomic E-state index is 0.0156. The van der Waals surface area contributed by atoms with Gasteiger partial charge in [0.05, 0.1) is 11.9 Å². The Morgan fingerprint density at radius 2 is 2.00 bits per heavy atom. The number of nitrogens with zero attached hydrogens (tertiary/aromatic N) is 3. The second-order valence-electron chi connectivity index (χ2n) is 7.52. The van der Waals surface area contributed by atoms with Gasteiger partial charge in [-0.25, -0.2) is 4.79 Å². The van der Waals surface area contributed by atoms with E-state index in [1.54, 1.807) is 11.1 Å². The SMILES string of the molecule is CC(C)(C)OC(=O)N1CCN(c2cncc(C3=CCCC=C3)c2)C(=O)C1. The molecule has 2 heterocycles. The van der Waals surface area contributed by atoms with Gasteiger partial charge in [-0.3, -0.25) is 14.7 Å². The first-order valence-electron chi connectivity index (χ1n) is 8.94. The van der Waals surface area contributed by atoms with Crippen LogP contribution in [0.5, 0.6) is 0 Å². The Labute approximate surface area is 154 Å². The van der Waals surface area contributed by atoms with Crippen molar-refractivity contribution in [3.63, 3.8) is 0 Å². The van der Waals surface area contributed by atoms with Crippen LogP contribution in [0.1, 0.15) is 39.2 Å². The van der Waals surface area contributed by atoms with Crippen molar-refractivity contribution in [1.82, 2.24) is 9.88 Å². The van der Waals surface area contributed by atoms with Crippen LogP contribution in [0.4, 0.5) is 10.5 Å². The van der Waals surface area contributed by atoms with Crippen molar-refractivity contribution >= 4 is 23.3 Å². The second kappa shape index (κ2) is 7.32. The first kappa shape index (κ1) is 18.2. The van der Waals surface area contributed by atoms with E-state index in [2.05, 4.69) is 23.2 Å². The zero-order chi connectivity index (χ0) is 18.7. The summed E-state index contributed by atoms with van der Waals surface area (Å²) >= 11 is 0. The highest BCUT2D eigenvalue weighted by Crippen LogP contribution is 2.25. The van der Waals surface area contributed by atoms with Gasteiger partial charge >= 0.3 is 6.09 Å². The average Bonchev–Trinajstić information content (AvgIpc) is 2.61. The first-order chi connectivity index (χ1) is 12.3. The lowest BCUT2D eigenvalue weighted by molar-refractivity contribution is -0.121. The lowest BCUT2D eigenvalue weighted by Crippen LogP contribution is -2.53. The molecule has 0 bridgehead atoms. The lowest BCUT2D eigenvalue weighted by Gasteiger charge is -2.35. The van der Waals surface area contributed by atoms with Crippen molar-refractivity contribution in [2.24, 2.45) is 0 Å². The Morgan fingerprint density at radius 1 is 1.19 bits per heavy atom. The smallest absolute Gasteiger partial charge is 0.410 e. The summed E-state index contributed by atoms with van der Waals surface area (Å²) in [5.74, 6) is -0.130. The van der Waals surface area contributed by atoms with Crippen LogP contribution >= 0.6 is 0 Å². The normalized spacial score (nSPS) is 18.0. The van der Waals surface area contributed by atoms with E-state index in [9.17, 15) is 9.59 Å². The Hall–Kier alpha value is -2.63. The number of hydrogen-bond acceptors (Lipinski definition) is 4. The molecule has 0 atom stereocenters. The topological polar surface area (TPSA) is 62.7 Å². The van der Waals surface area contributed by atoms with Crippen LogP contribution in [0, 0.1) is 0 Å². The molecule has 0 N–H and O–H groups in total. The number of anilines is 1.